The molecular weight excluding hydrogens is 383 g/mol. The van der Waals surface area contributed by atoms with Gasteiger partial charge in [-0.2, -0.15) is 5.10 Å². The summed E-state index contributed by atoms with van der Waals surface area (Å²) in [7, 11) is 0. The van der Waals surface area contributed by atoms with Crippen LogP contribution in [0.25, 0.3) is 0 Å². The van der Waals surface area contributed by atoms with Gasteiger partial charge in [-0.15, -0.1) is 0 Å². The molecule has 3 aliphatic heterocycles. The molecule has 150 valence electrons. The number of para-hydroxylation sites is 1. The Balaban J connectivity index is 1.42. The van der Waals surface area contributed by atoms with Crippen molar-refractivity contribution in [2.24, 2.45) is 5.10 Å². The number of hydrazone groups is 1. The third-order valence-corrected chi connectivity index (χ3v) is 5.71. The lowest BCUT2D eigenvalue weighted by Crippen LogP contribution is -2.33. The summed E-state index contributed by atoms with van der Waals surface area (Å²) >= 11 is 0. The largest absolute Gasteiger partial charge is 0.486 e. The van der Waals surface area contributed by atoms with Crippen molar-refractivity contribution in [1.82, 2.24) is 5.01 Å². The van der Waals surface area contributed by atoms with E-state index in [4.69, 9.17) is 19.3 Å². The van der Waals surface area contributed by atoms with Gasteiger partial charge in [0, 0.05) is 23.1 Å². The molecule has 0 saturated heterocycles. The standard InChI is InChI=1S/C24H19FN2O3/c25-17-5-3-4-16(12-17)24-27-20(18-6-1-2-7-21(18)30-24)14-19(26-27)15-8-9-22-23(13-15)29-11-10-28-22/h1-9,12-13,20,24H,10-11,14H2/t20-,24-/m0/s1. The van der Waals surface area contributed by atoms with Crippen LogP contribution in [0.5, 0.6) is 17.2 Å². The molecule has 0 unspecified atom stereocenters. The Kier molecular flexibility index (Phi) is 3.91. The average molecular weight is 402 g/mol. The molecule has 0 bridgehead atoms. The van der Waals surface area contributed by atoms with Gasteiger partial charge in [-0.25, -0.2) is 9.40 Å². The number of halogens is 1. The van der Waals surface area contributed by atoms with Gasteiger partial charge in [0.2, 0.25) is 6.23 Å². The minimum Gasteiger partial charge on any atom is -0.486 e. The van der Waals surface area contributed by atoms with E-state index in [0.717, 1.165) is 46.1 Å². The fraction of sp³-hybridized carbons (Fsp3) is 0.208. The molecule has 6 heteroatoms. The summed E-state index contributed by atoms with van der Waals surface area (Å²) in [6, 6.07) is 20.4. The lowest BCUT2D eigenvalue weighted by atomic mass is 9.95. The number of rotatable bonds is 2. The van der Waals surface area contributed by atoms with E-state index in [2.05, 4.69) is 6.07 Å². The van der Waals surface area contributed by atoms with Crippen LogP contribution in [0, 0.1) is 5.82 Å². The van der Waals surface area contributed by atoms with Crippen LogP contribution in [-0.2, 0) is 0 Å². The molecule has 3 aliphatic rings. The highest BCUT2D eigenvalue weighted by Crippen LogP contribution is 2.47. The molecule has 0 aliphatic carbocycles. The fourth-order valence-corrected chi connectivity index (χ4v) is 4.31. The smallest absolute Gasteiger partial charge is 0.213 e. The molecule has 0 spiro atoms. The summed E-state index contributed by atoms with van der Waals surface area (Å²) in [6.07, 6.45) is 0.238. The van der Waals surface area contributed by atoms with Gasteiger partial charge in [0.1, 0.15) is 24.8 Å². The molecule has 0 amide bonds. The van der Waals surface area contributed by atoms with Gasteiger partial charge in [-0.05, 0) is 36.4 Å². The SMILES string of the molecule is Fc1cccc([C@@H]2Oc3ccccc3[C@@H]3CC(c4ccc5c(c4)OCCO5)=NN32)c1. The van der Waals surface area contributed by atoms with Crippen LogP contribution in [0.1, 0.15) is 35.4 Å². The van der Waals surface area contributed by atoms with Crippen molar-refractivity contribution in [3.05, 3.63) is 89.2 Å². The third-order valence-electron chi connectivity index (χ3n) is 5.71. The van der Waals surface area contributed by atoms with Crippen molar-refractivity contribution in [3.8, 4) is 17.2 Å². The van der Waals surface area contributed by atoms with Crippen LogP contribution in [0.15, 0.2) is 71.8 Å². The van der Waals surface area contributed by atoms with Crippen molar-refractivity contribution < 1.29 is 18.6 Å². The summed E-state index contributed by atoms with van der Waals surface area (Å²) < 4.78 is 31.6. The molecular formula is C24H19FN2O3. The fourth-order valence-electron chi connectivity index (χ4n) is 4.31. The number of hydrogen-bond acceptors (Lipinski definition) is 5. The van der Waals surface area contributed by atoms with Crippen LogP contribution in [0.2, 0.25) is 0 Å². The molecule has 0 N–H and O–H groups in total. The van der Waals surface area contributed by atoms with Crippen molar-refractivity contribution in [1.29, 1.82) is 0 Å². The van der Waals surface area contributed by atoms with E-state index in [1.165, 1.54) is 12.1 Å². The predicted octanol–water partition coefficient (Wildman–Crippen LogP) is 4.84. The zero-order valence-electron chi connectivity index (χ0n) is 16.1. The summed E-state index contributed by atoms with van der Waals surface area (Å²) in [6.45, 7) is 1.10. The van der Waals surface area contributed by atoms with Crippen LogP contribution >= 0.6 is 0 Å². The Labute approximate surface area is 173 Å². The zero-order valence-corrected chi connectivity index (χ0v) is 16.1. The molecule has 0 fully saturated rings. The molecule has 0 aromatic heterocycles. The van der Waals surface area contributed by atoms with Crippen LogP contribution in [0.3, 0.4) is 0 Å². The molecule has 30 heavy (non-hydrogen) atoms. The summed E-state index contributed by atoms with van der Waals surface area (Å²) in [4.78, 5) is 0. The maximum atomic E-state index is 13.9. The zero-order chi connectivity index (χ0) is 20.1. The van der Waals surface area contributed by atoms with E-state index in [1.807, 2.05) is 47.5 Å². The number of benzene rings is 3. The highest BCUT2D eigenvalue weighted by atomic mass is 19.1. The summed E-state index contributed by atoms with van der Waals surface area (Å²) in [5.41, 5.74) is 3.76. The normalized spacial score (nSPS) is 21.4. The first-order valence-electron chi connectivity index (χ1n) is 10.0. The summed E-state index contributed by atoms with van der Waals surface area (Å²) in [5, 5.41) is 6.87. The van der Waals surface area contributed by atoms with E-state index in [-0.39, 0.29) is 11.9 Å². The van der Waals surface area contributed by atoms with E-state index >= 15 is 0 Å². The van der Waals surface area contributed by atoms with E-state index in [1.54, 1.807) is 6.07 Å². The van der Waals surface area contributed by atoms with E-state index in [9.17, 15) is 4.39 Å². The van der Waals surface area contributed by atoms with Gasteiger partial charge in [0.05, 0.1) is 11.8 Å². The number of hydrogen-bond donors (Lipinski definition) is 0. The number of nitrogens with zero attached hydrogens (tertiary/aromatic N) is 2. The number of fused-ring (bicyclic) bond motifs is 4. The first-order chi connectivity index (χ1) is 14.8. The minimum atomic E-state index is -0.490. The first-order valence-corrected chi connectivity index (χ1v) is 10.0. The molecule has 3 aromatic carbocycles. The Morgan fingerprint density at radius 3 is 2.63 bits per heavy atom. The van der Waals surface area contributed by atoms with Crippen molar-refractivity contribution in [3.63, 3.8) is 0 Å². The highest BCUT2D eigenvalue weighted by molar-refractivity contribution is 6.02. The van der Waals surface area contributed by atoms with Crippen LogP contribution in [0.4, 0.5) is 4.39 Å². The molecule has 0 saturated carbocycles. The van der Waals surface area contributed by atoms with Crippen molar-refractivity contribution in [2.45, 2.75) is 18.7 Å². The van der Waals surface area contributed by atoms with Gasteiger partial charge < -0.3 is 14.2 Å². The van der Waals surface area contributed by atoms with Crippen molar-refractivity contribution in [2.75, 3.05) is 13.2 Å². The molecule has 3 heterocycles. The quantitative estimate of drug-likeness (QED) is 0.615. The van der Waals surface area contributed by atoms with E-state index in [0.29, 0.717) is 13.2 Å². The molecule has 3 aromatic rings. The second-order valence-electron chi connectivity index (χ2n) is 7.57. The first kappa shape index (κ1) is 17.3. The second-order valence-corrected chi connectivity index (χ2v) is 7.57. The Morgan fingerprint density at radius 2 is 1.73 bits per heavy atom. The molecule has 5 nitrogen and oxygen atoms in total. The third kappa shape index (κ3) is 2.79. The van der Waals surface area contributed by atoms with Gasteiger partial charge >= 0.3 is 0 Å². The monoisotopic (exact) mass is 402 g/mol. The minimum absolute atomic E-state index is 0.0198. The lowest BCUT2D eigenvalue weighted by Gasteiger charge is -2.38. The Bertz CT molecular complexity index is 1160. The number of ether oxygens (including phenoxy) is 3. The second kappa shape index (κ2) is 6.76. The molecule has 2 atom stereocenters. The predicted molar refractivity (Wildman–Crippen MR) is 109 cm³/mol. The van der Waals surface area contributed by atoms with Gasteiger partial charge in [-0.1, -0.05) is 30.3 Å². The topological polar surface area (TPSA) is 43.3 Å². The van der Waals surface area contributed by atoms with Gasteiger partial charge in [-0.3, -0.25) is 0 Å². The van der Waals surface area contributed by atoms with Gasteiger partial charge in [0.25, 0.3) is 0 Å². The maximum Gasteiger partial charge on any atom is 0.213 e. The Hall–Kier alpha value is -3.54. The summed E-state index contributed by atoms with van der Waals surface area (Å²) in [5.74, 6) is 2.02. The maximum absolute atomic E-state index is 13.9. The molecule has 0 radical (unpaired) electrons. The molecule has 6 rings (SSSR count). The van der Waals surface area contributed by atoms with E-state index < -0.39 is 6.23 Å². The van der Waals surface area contributed by atoms with Crippen molar-refractivity contribution >= 4 is 5.71 Å². The van der Waals surface area contributed by atoms with Gasteiger partial charge in [0.15, 0.2) is 11.5 Å². The van der Waals surface area contributed by atoms with Crippen LogP contribution < -0.4 is 14.2 Å². The highest BCUT2D eigenvalue weighted by Gasteiger charge is 2.41. The lowest BCUT2D eigenvalue weighted by molar-refractivity contribution is -0.0192. The Morgan fingerprint density at radius 1 is 0.867 bits per heavy atom. The average Bonchev–Trinajstić information content (AvgIpc) is 3.24. The van der Waals surface area contributed by atoms with Crippen LogP contribution in [-0.4, -0.2) is 23.9 Å².